The maximum atomic E-state index is 12.5. The highest BCUT2D eigenvalue weighted by molar-refractivity contribution is 5.96. The molecular formula is C16H24N2O2. The third-order valence-electron chi connectivity index (χ3n) is 4.03. The van der Waals surface area contributed by atoms with E-state index in [9.17, 15) is 4.79 Å². The fourth-order valence-electron chi connectivity index (χ4n) is 2.90. The Morgan fingerprint density at radius 1 is 1.35 bits per heavy atom. The first-order valence-corrected chi connectivity index (χ1v) is 7.35. The minimum atomic E-state index is -0.116. The monoisotopic (exact) mass is 276 g/mol. The quantitative estimate of drug-likeness (QED) is 0.885. The van der Waals surface area contributed by atoms with Crippen molar-refractivity contribution in [2.24, 2.45) is 0 Å². The van der Waals surface area contributed by atoms with E-state index < -0.39 is 0 Å². The Bertz CT molecular complexity index is 451. The Morgan fingerprint density at radius 2 is 2.05 bits per heavy atom. The highest BCUT2D eigenvalue weighted by Crippen LogP contribution is 2.22. The minimum Gasteiger partial charge on any atom is -0.395 e. The highest BCUT2D eigenvalue weighted by atomic mass is 16.3. The summed E-state index contributed by atoms with van der Waals surface area (Å²) in [5.74, 6) is 0.0514. The van der Waals surface area contributed by atoms with Gasteiger partial charge in [-0.05, 0) is 44.4 Å². The van der Waals surface area contributed by atoms with Gasteiger partial charge >= 0.3 is 0 Å². The van der Waals surface area contributed by atoms with E-state index in [0.29, 0.717) is 6.54 Å². The number of β-amino-alcohol motifs (C(OH)–C–C–N with tert-alkyl or cyclic N) is 1. The molecule has 0 radical (unpaired) electrons. The summed E-state index contributed by atoms with van der Waals surface area (Å²) in [5, 5.41) is 12.2. The normalized spacial score (nSPS) is 19.9. The van der Waals surface area contributed by atoms with Crippen LogP contribution in [0.25, 0.3) is 0 Å². The lowest BCUT2D eigenvalue weighted by atomic mass is 10.0. The van der Waals surface area contributed by atoms with Gasteiger partial charge in [0.1, 0.15) is 0 Å². The van der Waals surface area contributed by atoms with Crippen LogP contribution in [0.3, 0.4) is 0 Å². The Hall–Kier alpha value is -1.39. The number of likely N-dealkylation sites (tertiary alicyclic amines) is 1. The lowest BCUT2D eigenvalue weighted by Crippen LogP contribution is -2.48. The number of hydrogen-bond acceptors (Lipinski definition) is 3. The average molecular weight is 276 g/mol. The predicted molar refractivity (Wildman–Crippen MR) is 80.8 cm³/mol. The molecule has 1 fully saturated rings. The fourth-order valence-corrected chi connectivity index (χ4v) is 2.90. The summed E-state index contributed by atoms with van der Waals surface area (Å²) >= 11 is 0. The van der Waals surface area contributed by atoms with Crippen molar-refractivity contribution < 1.29 is 9.90 Å². The zero-order valence-corrected chi connectivity index (χ0v) is 12.4. The van der Waals surface area contributed by atoms with E-state index in [4.69, 9.17) is 5.11 Å². The van der Waals surface area contributed by atoms with E-state index in [1.807, 2.05) is 32.0 Å². The molecule has 0 aliphatic carbocycles. The second-order valence-electron chi connectivity index (χ2n) is 5.53. The molecule has 1 aromatic carbocycles. The van der Waals surface area contributed by atoms with Crippen LogP contribution in [0.15, 0.2) is 18.2 Å². The van der Waals surface area contributed by atoms with Gasteiger partial charge in [-0.15, -0.1) is 0 Å². The number of carbonyl (C=O) groups excluding carboxylic acids is 1. The molecule has 110 valence electrons. The molecule has 20 heavy (non-hydrogen) atoms. The number of aryl methyl sites for hydroxylation is 2. The van der Waals surface area contributed by atoms with Gasteiger partial charge in [0.25, 0.3) is 0 Å². The number of benzene rings is 1. The summed E-state index contributed by atoms with van der Waals surface area (Å²) in [5.41, 5.74) is 3.10. The molecular weight excluding hydrogens is 252 g/mol. The van der Waals surface area contributed by atoms with Crippen molar-refractivity contribution in [1.82, 2.24) is 4.90 Å². The third-order valence-corrected chi connectivity index (χ3v) is 4.03. The van der Waals surface area contributed by atoms with Gasteiger partial charge in [-0.2, -0.15) is 0 Å². The van der Waals surface area contributed by atoms with Gasteiger partial charge in [-0.25, -0.2) is 0 Å². The summed E-state index contributed by atoms with van der Waals surface area (Å²) in [6.07, 6.45) is 3.05. The van der Waals surface area contributed by atoms with Crippen molar-refractivity contribution >= 4 is 11.6 Å². The minimum absolute atomic E-state index is 0.0514. The Balaban J connectivity index is 2.10. The van der Waals surface area contributed by atoms with E-state index in [2.05, 4.69) is 10.2 Å². The van der Waals surface area contributed by atoms with Crippen LogP contribution in [0, 0.1) is 13.8 Å². The molecule has 0 bridgehead atoms. The predicted octanol–water partition coefficient (Wildman–Crippen LogP) is 2.09. The smallest absolute Gasteiger partial charge is 0.241 e. The number of piperidine rings is 1. The third kappa shape index (κ3) is 3.38. The second kappa shape index (κ2) is 6.86. The van der Waals surface area contributed by atoms with Crippen molar-refractivity contribution in [2.45, 2.75) is 39.2 Å². The molecule has 1 amide bonds. The lowest BCUT2D eigenvalue weighted by molar-refractivity contribution is -0.122. The number of anilines is 1. The van der Waals surface area contributed by atoms with Crippen LogP contribution in [-0.2, 0) is 4.79 Å². The number of carbonyl (C=O) groups is 1. The molecule has 1 aliphatic rings. The molecule has 1 atom stereocenters. The number of nitrogens with zero attached hydrogens (tertiary/aromatic N) is 1. The number of nitrogens with one attached hydrogen (secondary N) is 1. The standard InChI is InChI=1S/C16H24N2O2/c1-12-6-5-7-13(2)15(12)17-16(20)14-8-3-4-9-18(14)10-11-19/h5-7,14,19H,3-4,8-11H2,1-2H3,(H,17,20)/t14-/m1/s1. The maximum Gasteiger partial charge on any atom is 0.241 e. The number of para-hydroxylation sites is 1. The van der Waals surface area contributed by atoms with Crippen LogP contribution in [0.1, 0.15) is 30.4 Å². The van der Waals surface area contributed by atoms with Gasteiger partial charge in [0.05, 0.1) is 12.6 Å². The molecule has 0 unspecified atom stereocenters. The zero-order valence-electron chi connectivity index (χ0n) is 12.4. The van der Waals surface area contributed by atoms with Gasteiger partial charge in [0.2, 0.25) is 5.91 Å². The number of rotatable bonds is 4. The summed E-state index contributed by atoms with van der Waals surface area (Å²) in [4.78, 5) is 14.6. The van der Waals surface area contributed by atoms with Crippen LogP contribution in [0.4, 0.5) is 5.69 Å². The Kier molecular flexibility index (Phi) is 5.15. The summed E-state index contributed by atoms with van der Waals surface area (Å²) in [7, 11) is 0. The largest absolute Gasteiger partial charge is 0.395 e. The van der Waals surface area contributed by atoms with Gasteiger partial charge in [0.15, 0.2) is 0 Å². The van der Waals surface area contributed by atoms with Crippen LogP contribution in [-0.4, -0.2) is 41.7 Å². The highest BCUT2D eigenvalue weighted by Gasteiger charge is 2.28. The molecule has 1 aromatic rings. The van der Waals surface area contributed by atoms with E-state index in [1.54, 1.807) is 0 Å². The van der Waals surface area contributed by atoms with Gasteiger partial charge < -0.3 is 10.4 Å². The average Bonchev–Trinajstić information content (AvgIpc) is 2.44. The lowest BCUT2D eigenvalue weighted by Gasteiger charge is -2.34. The topological polar surface area (TPSA) is 52.6 Å². The van der Waals surface area contributed by atoms with Crippen molar-refractivity contribution in [3.63, 3.8) is 0 Å². The van der Waals surface area contributed by atoms with E-state index in [1.165, 1.54) is 0 Å². The molecule has 1 aliphatic heterocycles. The summed E-state index contributed by atoms with van der Waals surface area (Å²) in [6.45, 7) is 5.59. The first-order valence-electron chi connectivity index (χ1n) is 7.35. The molecule has 0 aromatic heterocycles. The van der Waals surface area contributed by atoms with Crippen LogP contribution >= 0.6 is 0 Å². The van der Waals surface area contributed by atoms with Crippen molar-refractivity contribution in [3.05, 3.63) is 29.3 Å². The summed E-state index contributed by atoms with van der Waals surface area (Å²) in [6, 6.07) is 5.90. The van der Waals surface area contributed by atoms with Gasteiger partial charge in [-0.1, -0.05) is 24.6 Å². The van der Waals surface area contributed by atoms with E-state index in [0.717, 1.165) is 42.6 Å². The molecule has 4 nitrogen and oxygen atoms in total. The molecule has 2 rings (SSSR count). The molecule has 1 heterocycles. The van der Waals surface area contributed by atoms with E-state index in [-0.39, 0.29) is 18.6 Å². The Labute approximate surface area is 120 Å². The van der Waals surface area contributed by atoms with Crippen LogP contribution in [0.5, 0.6) is 0 Å². The van der Waals surface area contributed by atoms with Crippen LogP contribution in [0.2, 0.25) is 0 Å². The first kappa shape index (κ1) is 15.0. The molecule has 2 N–H and O–H groups in total. The number of aliphatic hydroxyl groups is 1. The van der Waals surface area contributed by atoms with Gasteiger partial charge in [-0.3, -0.25) is 9.69 Å². The van der Waals surface area contributed by atoms with Crippen molar-refractivity contribution in [1.29, 1.82) is 0 Å². The molecule has 0 spiro atoms. The molecule has 4 heteroatoms. The zero-order chi connectivity index (χ0) is 14.5. The van der Waals surface area contributed by atoms with Crippen molar-refractivity contribution in [2.75, 3.05) is 25.0 Å². The van der Waals surface area contributed by atoms with Crippen molar-refractivity contribution in [3.8, 4) is 0 Å². The molecule has 1 saturated heterocycles. The number of amides is 1. The molecule has 0 saturated carbocycles. The maximum absolute atomic E-state index is 12.5. The fraction of sp³-hybridized carbons (Fsp3) is 0.562. The SMILES string of the molecule is Cc1cccc(C)c1NC(=O)[C@H]1CCCCN1CCO. The first-order chi connectivity index (χ1) is 9.63. The van der Waals surface area contributed by atoms with E-state index >= 15 is 0 Å². The van der Waals surface area contributed by atoms with Crippen LogP contribution < -0.4 is 5.32 Å². The summed E-state index contributed by atoms with van der Waals surface area (Å²) < 4.78 is 0. The number of hydrogen-bond donors (Lipinski definition) is 2. The van der Waals surface area contributed by atoms with Gasteiger partial charge in [0, 0.05) is 12.2 Å². The second-order valence-corrected chi connectivity index (χ2v) is 5.53. The number of aliphatic hydroxyl groups excluding tert-OH is 1. The Morgan fingerprint density at radius 3 is 2.70 bits per heavy atom.